The van der Waals surface area contributed by atoms with Crippen molar-refractivity contribution in [3.05, 3.63) is 78.1 Å². The molecule has 3 aromatic heterocycles. The normalized spacial score (nSPS) is 10.9. The van der Waals surface area contributed by atoms with Gasteiger partial charge in [-0.1, -0.05) is 24.3 Å². The first-order chi connectivity index (χ1) is 15.7. The predicted octanol–water partition coefficient (Wildman–Crippen LogP) is 5.24. The van der Waals surface area contributed by atoms with Crippen molar-refractivity contribution in [1.29, 1.82) is 0 Å². The monoisotopic (exact) mass is 440 g/mol. The van der Waals surface area contributed by atoms with Crippen molar-refractivity contribution < 1.29 is 4.79 Å². The standard InChI is InChI=1S/C24H20N6OS/c1-2-25-24(31)21-11-16-3-4-17(12-20(16)32-21)23-26-10-9-22(30-23)29-19-7-5-15(6-8-19)18-13-27-28-14-18/h3-14H,2H2,1H3,(H,25,31)(H,27,28)(H,26,29,30). The predicted molar refractivity (Wildman–Crippen MR) is 128 cm³/mol. The summed E-state index contributed by atoms with van der Waals surface area (Å²) in [7, 11) is 0. The summed E-state index contributed by atoms with van der Waals surface area (Å²) in [4.78, 5) is 22.0. The minimum atomic E-state index is -0.0449. The fourth-order valence-electron chi connectivity index (χ4n) is 3.40. The number of aromatic amines is 1. The molecule has 0 bridgehead atoms. The molecule has 7 nitrogen and oxygen atoms in total. The van der Waals surface area contributed by atoms with Crippen LogP contribution in [0.2, 0.25) is 0 Å². The van der Waals surface area contributed by atoms with Crippen molar-refractivity contribution in [2.45, 2.75) is 6.92 Å². The van der Waals surface area contributed by atoms with Gasteiger partial charge in [0.15, 0.2) is 5.82 Å². The fraction of sp³-hybridized carbons (Fsp3) is 0.0833. The van der Waals surface area contributed by atoms with Crippen LogP contribution in [0.3, 0.4) is 0 Å². The summed E-state index contributed by atoms with van der Waals surface area (Å²) in [5.74, 6) is 1.29. The van der Waals surface area contributed by atoms with Gasteiger partial charge in [0.1, 0.15) is 5.82 Å². The minimum absolute atomic E-state index is 0.0449. The zero-order chi connectivity index (χ0) is 21.9. The van der Waals surface area contributed by atoms with Gasteiger partial charge in [-0.05, 0) is 48.2 Å². The smallest absolute Gasteiger partial charge is 0.261 e. The van der Waals surface area contributed by atoms with Crippen molar-refractivity contribution in [1.82, 2.24) is 25.5 Å². The minimum Gasteiger partial charge on any atom is -0.352 e. The molecule has 5 aromatic rings. The van der Waals surface area contributed by atoms with E-state index in [2.05, 4.69) is 30.8 Å². The Bertz CT molecular complexity index is 1380. The van der Waals surface area contributed by atoms with Gasteiger partial charge in [0.2, 0.25) is 0 Å². The molecular weight excluding hydrogens is 420 g/mol. The second kappa shape index (κ2) is 8.60. The highest BCUT2D eigenvalue weighted by Crippen LogP contribution is 2.30. The van der Waals surface area contributed by atoms with Crippen molar-refractivity contribution in [2.75, 3.05) is 11.9 Å². The number of hydrogen-bond donors (Lipinski definition) is 3. The first kappa shape index (κ1) is 19.9. The van der Waals surface area contributed by atoms with Gasteiger partial charge in [0.25, 0.3) is 5.91 Å². The lowest BCUT2D eigenvalue weighted by Gasteiger charge is -2.08. The third kappa shape index (κ3) is 4.08. The summed E-state index contributed by atoms with van der Waals surface area (Å²) >= 11 is 1.47. The van der Waals surface area contributed by atoms with E-state index in [9.17, 15) is 4.79 Å². The molecule has 0 atom stereocenters. The molecule has 0 aliphatic heterocycles. The zero-order valence-electron chi connectivity index (χ0n) is 17.3. The number of thiophene rings is 1. The number of carbonyl (C=O) groups is 1. The third-order valence-electron chi connectivity index (χ3n) is 4.98. The average molecular weight is 441 g/mol. The van der Waals surface area contributed by atoms with Crippen LogP contribution in [-0.4, -0.2) is 32.6 Å². The lowest BCUT2D eigenvalue weighted by Crippen LogP contribution is -2.21. The highest BCUT2D eigenvalue weighted by Gasteiger charge is 2.11. The number of nitrogens with one attached hydrogen (secondary N) is 3. The number of hydrogen-bond acceptors (Lipinski definition) is 6. The highest BCUT2D eigenvalue weighted by atomic mass is 32.1. The first-order valence-corrected chi connectivity index (χ1v) is 11.0. The molecule has 0 saturated carbocycles. The van der Waals surface area contributed by atoms with Crippen molar-refractivity contribution in [3.8, 4) is 22.5 Å². The molecule has 0 unspecified atom stereocenters. The summed E-state index contributed by atoms with van der Waals surface area (Å²) in [5.41, 5.74) is 3.96. The Labute approximate surface area is 188 Å². The maximum atomic E-state index is 12.1. The Morgan fingerprint density at radius 2 is 1.88 bits per heavy atom. The van der Waals surface area contributed by atoms with Gasteiger partial charge >= 0.3 is 0 Å². The third-order valence-corrected chi connectivity index (χ3v) is 6.08. The first-order valence-electron chi connectivity index (χ1n) is 10.2. The van der Waals surface area contributed by atoms with Gasteiger partial charge in [0, 0.05) is 40.5 Å². The summed E-state index contributed by atoms with van der Waals surface area (Å²) < 4.78 is 1.03. The van der Waals surface area contributed by atoms with Gasteiger partial charge in [-0.3, -0.25) is 9.89 Å². The Hall–Kier alpha value is -4.04. The molecular formula is C24H20N6OS. The van der Waals surface area contributed by atoms with E-state index in [0.29, 0.717) is 23.1 Å². The van der Waals surface area contributed by atoms with Crippen LogP contribution in [0.4, 0.5) is 11.5 Å². The van der Waals surface area contributed by atoms with Crippen molar-refractivity contribution >= 4 is 38.8 Å². The number of rotatable bonds is 6. The lowest BCUT2D eigenvalue weighted by atomic mass is 10.1. The number of aromatic nitrogens is 4. The maximum absolute atomic E-state index is 12.1. The second-order valence-corrected chi connectivity index (χ2v) is 8.26. The van der Waals surface area contributed by atoms with Crippen LogP contribution < -0.4 is 10.6 Å². The molecule has 32 heavy (non-hydrogen) atoms. The summed E-state index contributed by atoms with van der Waals surface area (Å²) in [6.07, 6.45) is 5.40. The van der Waals surface area contributed by atoms with Crippen molar-refractivity contribution in [3.63, 3.8) is 0 Å². The summed E-state index contributed by atoms with van der Waals surface area (Å²) in [6, 6.07) is 17.8. The van der Waals surface area contributed by atoms with Gasteiger partial charge < -0.3 is 10.6 Å². The summed E-state index contributed by atoms with van der Waals surface area (Å²) in [6.45, 7) is 2.52. The quantitative estimate of drug-likeness (QED) is 0.335. The number of anilines is 2. The molecule has 8 heteroatoms. The van der Waals surface area contributed by atoms with E-state index < -0.39 is 0 Å². The van der Waals surface area contributed by atoms with E-state index >= 15 is 0 Å². The van der Waals surface area contributed by atoms with Gasteiger partial charge in [-0.15, -0.1) is 11.3 Å². The molecule has 0 radical (unpaired) electrons. The van der Waals surface area contributed by atoms with E-state index in [1.54, 1.807) is 12.4 Å². The van der Waals surface area contributed by atoms with E-state index in [-0.39, 0.29) is 5.91 Å². The van der Waals surface area contributed by atoms with Crippen LogP contribution in [0, 0.1) is 0 Å². The van der Waals surface area contributed by atoms with Crippen LogP contribution in [-0.2, 0) is 0 Å². The fourth-order valence-corrected chi connectivity index (χ4v) is 4.42. The van der Waals surface area contributed by atoms with Crippen LogP contribution in [0.15, 0.2) is 73.2 Å². The number of carbonyl (C=O) groups excluding carboxylic acids is 1. The van der Waals surface area contributed by atoms with E-state index in [1.165, 1.54) is 11.3 Å². The molecule has 158 valence electrons. The number of fused-ring (bicyclic) bond motifs is 1. The second-order valence-electron chi connectivity index (χ2n) is 7.18. The number of amides is 1. The Morgan fingerprint density at radius 3 is 2.66 bits per heavy atom. The maximum Gasteiger partial charge on any atom is 0.261 e. The van der Waals surface area contributed by atoms with Gasteiger partial charge in [0.05, 0.1) is 11.1 Å². The Kier molecular flexibility index (Phi) is 5.35. The van der Waals surface area contributed by atoms with Crippen molar-refractivity contribution in [2.24, 2.45) is 0 Å². The highest BCUT2D eigenvalue weighted by molar-refractivity contribution is 7.20. The molecule has 1 amide bonds. The van der Waals surface area contributed by atoms with Crippen LogP contribution in [0.5, 0.6) is 0 Å². The molecule has 0 aliphatic rings. The largest absolute Gasteiger partial charge is 0.352 e. The number of H-pyrrole nitrogens is 1. The SMILES string of the molecule is CCNC(=O)c1cc2ccc(-c3nccc(Nc4ccc(-c5cn[nH]c5)cc4)n3)cc2s1. The van der Waals surface area contributed by atoms with E-state index in [1.807, 2.05) is 67.7 Å². The molecule has 0 spiro atoms. The zero-order valence-corrected chi connectivity index (χ0v) is 18.1. The Balaban J connectivity index is 1.37. The van der Waals surface area contributed by atoms with Gasteiger partial charge in [-0.25, -0.2) is 9.97 Å². The van der Waals surface area contributed by atoms with Crippen LogP contribution in [0.1, 0.15) is 16.6 Å². The molecule has 0 aliphatic carbocycles. The molecule has 0 fully saturated rings. The topological polar surface area (TPSA) is 95.6 Å². The average Bonchev–Trinajstić information content (AvgIpc) is 3.50. The van der Waals surface area contributed by atoms with E-state index in [4.69, 9.17) is 0 Å². The molecule has 5 rings (SSSR count). The lowest BCUT2D eigenvalue weighted by molar-refractivity contribution is 0.0960. The molecule has 0 saturated heterocycles. The van der Waals surface area contributed by atoms with Gasteiger partial charge in [-0.2, -0.15) is 5.10 Å². The number of benzene rings is 2. The van der Waals surface area contributed by atoms with E-state index in [0.717, 1.165) is 32.5 Å². The molecule has 3 N–H and O–H groups in total. The van der Waals surface area contributed by atoms with Crippen LogP contribution in [0.25, 0.3) is 32.6 Å². The Morgan fingerprint density at radius 1 is 1.03 bits per heavy atom. The molecule has 2 aromatic carbocycles. The van der Waals surface area contributed by atoms with Crippen LogP contribution >= 0.6 is 11.3 Å². The summed E-state index contributed by atoms with van der Waals surface area (Å²) in [5, 5.41) is 14.0. The number of nitrogens with zero attached hydrogens (tertiary/aromatic N) is 3. The molecule has 3 heterocycles.